The Kier molecular flexibility index (Phi) is 4.36. The maximum absolute atomic E-state index is 12.5. The van der Waals surface area contributed by atoms with E-state index in [4.69, 9.17) is 17.3 Å². The van der Waals surface area contributed by atoms with Gasteiger partial charge < -0.3 is 10.6 Å². The molecule has 1 aromatic rings. The highest BCUT2D eigenvalue weighted by Gasteiger charge is 2.28. The van der Waals surface area contributed by atoms with Gasteiger partial charge in [0.25, 0.3) is 5.91 Å². The number of anilines is 1. The predicted molar refractivity (Wildman–Crippen MR) is 85.6 cm³/mol. The summed E-state index contributed by atoms with van der Waals surface area (Å²) in [5, 5.41) is 0.449. The third-order valence-electron chi connectivity index (χ3n) is 4.69. The van der Waals surface area contributed by atoms with Crippen molar-refractivity contribution in [3.63, 3.8) is 0 Å². The van der Waals surface area contributed by atoms with Crippen LogP contribution in [0.1, 0.15) is 36.0 Å². The number of benzene rings is 1. The highest BCUT2D eigenvalue weighted by atomic mass is 35.5. The van der Waals surface area contributed by atoms with Gasteiger partial charge >= 0.3 is 0 Å². The molecule has 1 amide bonds. The Morgan fingerprint density at radius 3 is 2.43 bits per heavy atom. The van der Waals surface area contributed by atoms with Crippen LogP contribution in [0.25, 0.3) is 0 Å². The number of carbonyl (C=O) groups is 1. The molecule has 1 heterocycles. The Hall–Kier alpha value is -1.26. The summed E-state index contributed by atoms with van der Waals surface area (Å²) in [6.07, 6.45) is 5.35. The summed E-state index contributed by atoms with van der Waals surface area (Å²) < 4.78 is 0. The number of nitrogens with two attached hydrogens (primary N) is 1. The second kappa shape index (κ2) is 6.24. The number of rotatable bonds is 2. The smallest absolute Gasteiger partial charge is 0.253 e. The van der Waals surface area contributed by atoms with Crippen LogP contribution in [0.4, 0.5) is 5.69 Å². The molecule has 1 saturated carbocycles. The van der Waals surface area contributed by atoms with Gasteiger partial charge in [-0.15, -0.1) is 0 Å². The molecule has 2 N–H and O–H groups in total. The highest BCUT2D eigenvalue weighted by Crippen LogP contribution is 2.25. The molecule has 114 valence electrons. The lowest BCUT2D eigenvalue weighted by molar-refractivity contribution is 0.0573. The lowest BCUT2D eigenvalue weighted by atomic mass is 10.1. The molecule has 1 aliphatic heterocycles. The summed E-state index contributed by atoms with van der Waals surface area (Å²) >= 11 is 6.00. The van der Waals surface area contributed by atoms with Crippen LogP contribution < -0.4 is 5.73 Å². The highest BCUT2D eigenvalue weighted by molar-refractivity contribution is 6.33. The molecule has 0 unspecified atom stereocenters. The average molecular weight is 308 g/mol. The number of amides is 1. The minimum atomic E-state index is 0.0583. The van der Waals surface area contributed by atoms with E-state index in [1.54, 1.807) is 18.2 Å². The fraction of sp³-hybridized carbons (Fsp3) is 0.562. The molecule has 0 atom stereocenters. The van der Waals surface area contributed by atoms with Crippen molar-refractivity contribution in [1.29, 1.82) is 0 Å². The van der Waals surface area contributed by atoms with Gasteiger partial charge in [0.15, 0.2) is 0 Å². The SMILES string of the molecule is Nc1ccc(C(=O)N2CCN(C3CCCC3)CC2)cc1Cl. The second-order valence-electron chi connectivity index (χ2n) is 6.00. The van der Waals surface area contributed by atoms with Gasteiger partial charge in [0, 0.05) is 37.8 Å². The molecule has 1 aromatic carbocycles. The first-order valence-corrected chi connectivity index (χ1v) is 8.11. The third kappa shape index (κ3) is 3.16. The van der Waals surface area contributed by atoms with Crippen molar-refractivity contribution in [2.75, 3.05) is 31.9 Å². The van der Waals surface area contributed by atoms with Crippen LogP contribution in [-0.4, -0.2) is 47.9 Å². The van der Waals surface area contributed by atoms with Gasteiger partial charge in [0.05, 0.1) is 10.7 Å². The van der Waals surface area contributed by atoms with Crippen molar-refractivity contribution >= 4 is 23.2 Å². The summed E-state index contributed by atoms with van der Waals surface area (Å²) in [4.78, 5) is 17.0. The lowest BCUT2D eigenvalue weighted by Crippen LogP contribution is -2.51. The molecule has 4 nitrogen and oxygen atoms in total. The van der Waals surface area contributed by atoms with E-state index >= 15 is 0 Å². The maximum atomic E-state index is 12.5. The summed E-state index contributed by atoms with van der Waals surface area (Å²) in [6, 6.07) is 5.87. The van der Waals surface area contributed by atoms with Gasteiger partial charge in [-0.25, -0.2) is 0 Å². The van der Waals surface area contributed by atoms with Crippen molar-refractivity contribution in [3.05, 3.63) is 28.8 Å². The standard InChI is InChI=1S/C16H22ClN3O/c17-14-11-12(5-6-15(14)18)16(21)20-9-7-19(8-10-20)13-3-1-2-4-13/h5-6,11,13H,1-4,7-10,18H2. The molecule has 3 rings (SSSR count). The largest absolute Gasteiger partial charge is 0.398 e. The normalized spacial score (nSPS) is 20.9. The number of nitrogens with zero attached hydrogens (tertiary/aromatic N) is 2. The molecule has 1 saturated heterocycles. The van der Waals surface area contributed by atoms with Gasteiger partial charge in [-0.3, -0.25) is 9.69 Å². The summed E-state index contributed by atoms with van der Waals surface area (Å²) in [5.41, 5.74) is 6.83. The zero-order chi connectivity index (χ0) is 14.8. The number of carbonyl (C=O) groups excluding carboxylic acids is 1. The van der Waals surface area contributed by atoms with Crippen molar-refractivity contribution in [3.8, 4) is 0 Å². The van der Waals surface area contributed by atoms with E-state index in [-0.39, 0.29) is 5.91 Å². The van der Waals surface area contributed by atoms with Crippen molar-refractivity contribution in [1.82, 2.24) is 9.80 Å². The molecule has 2 aliphatic rings. The molecule has 0 aromatic heterocycles. The van der Waals surface area contributed by atoms with Crippen LogP contribution in [-0.2, 0) is 0 Å². The summed E-state index contributed by atoms with van der Waals surface area (Å²) in [5.74, 6) is 0.0583. The number of halogens is 1. The fourth-order valence-electron chi connectivity index (χ4n) is 3.40. The van der Waals surface area contributed by atoms with E-state index in [0.717, 1.165) is 32.2 Å². The Morgan fingerprint density at radius 1 is 1.14 bits per heavy atom. The van der Waals surface area contributed by atoms with Gasteiger partial charge in [-0.2, -0.15) is 0 Å². The molecule has 0 bridgehead atoms. The molecular formula is C16H22ClN3O. The van der Waals surface area contributed by atoms with Crippen LogP contribution in [0.3, 0.4) is 0 Å². The quantitative estimate of drug-likeness (QED) is 0.855. The summed E-state index contributed by atoms with van der Waals surface area (Å²) in [6.45, 7) is 3.58. The molecule has 0 spiro atoms. The van der Waals surface area contributed by atoms with Crippen LogP contribution in [0.15, 0.2) is 18.2 Å². The first-order chi connectivity index (χ1) is 10.1. The maximum Gasteiger partial charge on any atom is 0.253 e. The van der Waals surface area contributed by atoms with E-state index in [1.165, 1.54) is 25.7 Å². The summed E-state index contributed by atoms with van der Waals surface area (Å²) in [7, 11) is 0. The van der Waals surface area contributed by atoms with E-state index in [2.05, 4.69) is 4.90 Å². The van der Waals surface area contributed by atoms with Crippen LogP contribution in [0.5, 0.6) is 0 Å². The number of nitrogen functional groups attached to an aromatic ring is 1. The Labute approximate surface area is 130 Å². The number of hydrogen-bond donors (Lipinski definition) is 1. The Bertz CT molecular complexity index is 520. The van der Waals surface area contributed by atoms with E-state index < -0.39 is 0 Å². The second-order valence-corrected chi connectivity index (χ2v) is 6.41. The van der Waals surface area contributed by atoms with Gasteiger partial charge in [-0.05, 0) is 31.0 Å². The first kappa shape index (κ1) is 14.7. The molecule has 1 aliphatic carbocycles. The van der Waals surface area contributed by atoms with Crippen molar-refractivity contribution < 1.29 is 4.79 Å². The topological polar surface area (TPSA) is 49.6 Å². The fourth-order valence-corrected chi connectivity index (χ4v) is 3.58. The van der Waals surface area contributed by atoms with Gasteiger partial charge in [-0.1, -0.05) is 24.4 Å². The van der Waals surface area contributed by atoms with Crippen LogP contribution >= 0.6 is 11.6 Å². The van der Waals surface area contributed by atoms with Gasteiger partial charge in [0.1, 0.15) is 0 Å². The van der Waals surface area contributed by atoms with Crippen LogP contribution in [0.2, 0.25) is 5.02 Å². The van der Waals surface area contributed by atoms with E-state index in [9.17, 15) is 4.79 Å². The molecule has 5 heteroatoms. The number of hydrogen-bond acceptors (Lipinski definition) is 3. The molecule has 21 heavy (non-hydrogen) atoms. The average Bonchev–Trinajstić information content (AvgIpc) is 3.04. The number of piperazine rings is 1. The monoisotopic (exact) mass is 307 g/mol. The van der Waals surface area contributed by atoms with E-state index in [1.807, 2.05) is 4.90 Å². The Morgan fingerprint density at radius 2 is 1.81 bits per heavy atom. The van der Waals surface area contributed by atoms with Gasteiger partial charge in [0.2, 0.25) is 0 Å². The van der Waals surface area contributed by atoms with Crippen LogP contribution in [0, 0.1) is 0 Å². The minimum Gasteiger partial charge on any atom is -0.398 e. The lowest BCUT2D eigenvalue weighted by Gasteiger charge is -2.38. The third-order valence-corrected chi connectivity index (χ3v) is 5.02. The predicted octanol–water partition coefficient (Wildman–Crippen LogP) is 2.62. The zero-order valence-corrected chi connectivity index (χ0v) is 13.0. The first-order valence-electron chi connectivity index (χ1n) is 7.73. The van der Waals surface area contributed by atoms with E-state index in [0.29, 0.717) is 16.3 Å². The van der Waals surface area contributed by atoms with Crippen molar-refractivity contribution in [2.45, 2.75) is 31.7 Å². The zero-order valence-electron chi connectivity index (χ0n) is 12.2. The van der Waals surface area contributed by atoms with Crippen molar-refractivity contribution in [2.24, 2.45) is 0 Å². The minimum absolute atomic E-state index is 0.0583. The molecule has 2 fully saturated rings. The Balaban J connectivity index is 1.60. The molecule has 0 radical (unpaired) electrons. The molecular weight excluding hydrogens is 286 g/mol.